The number of carbonyl (C=O) groups is 2. The van der Waals surface area contributed by atoms with Gasteiger partial charge in [0.15, 0.2) is 5.11 Å². The van der Waals surface area contributed by atoms with Crippen LogP contribution in [0.15, 0.2) is 24.3 Å². The lowest BCUT2D eigenvalue weighted by atomic mass is 9.89. The molecule has 0 radical (unpaired) electrons. The minimum Gasteiger partial charge on any atom is -0.297 e. The summed E-state index contributed by atoms with van der Waals surface area (Å²) in [5, 5.41) is 3.84. The Morgan fingerprint density at radius 2 is 1.84 bits per heavy atom. The second kappa shape index (κ2) is 8.12. The molecule has 3 N–H and O–H groups in total. The molecule has 0 atom stereocenters. The van der Waals surface area contributed by atoms with Crippen LogP contribution in [0.2, 0.25) is 5.02 Å². The van der Waals surface area contributed by atoms with Crippen molar-refractivity contribution in [2.24, 2.45) is 5.92 Å². The van der Waals surface area contributed by atoms with Gasteiger partial charge in [-0.3, -0.25) is 25.8 Å². The number of halogens is 1. The van der Waals surface area contributed by atoms with E-state index >= 15 is 0 Å². The summed E-state index contributed by atoms with van der Waals surface area (Å²) in [6.07, 6.45) is 5.11. The summed E-state index contributed by atoms with van der Waals surface area (Å²) in [7, 11) is 0. The third kappa shape index (κ3) is 4.29. The van der Waals surface area contributed by atoms with E-state index in [0.717, 1.165) is 35.8 Å². The van der Waals surface area contributed by atoms with E-state index in [0.29, 0.717) is 9.90 Å². The highest BCUT2D eigenvalue weighted by molar-refractivity contribution is 7.80. The fourth-order valence-electron chi connectivity index (χ4n) is 2.94. The quantitative estimate of drug-likeness (QED) is 0.534. The van der Waals surface area contributed by atoms with Crippen LogP contribution in [0, 0.1) is 5.92 Å². The van der Waals surface area contributed by atoms with Crippen LogP contribution in [0.25, 0.3) is 10.1 Å². The molecule has 1 fully saturated rings. The van der Waals surface area contributed by atoms with Crippen molar-refractivity contribution in [1.82, 2.24) is 16.2 Å². The highest BCUT2D eigenvalue weighted by Gasteiger charge is 2.22. The van der Waals surface area contributed by atoms with Gasteiger partial charge < -0.3 is 0 Å². The molecule has 2 aromatic rings. The second-order valence-corrected chi connectivity index (χ2v) is 7.81. The monoisotopic (exact) mass is 395 g/mol. The minimum absolute atomic E-state index is 0.0109. The molecule has 1 heterocycles. The Kier molecular flexibility index (Phi) is 5.88. The van der Waals surface area contributed by atoms with E-state index in [1.165, 1.54) is 17.8 Å². The van der Waals surface area contributed by atoms with Crippen LogP contribution < -0.4 is 16.2 Å². The summed E-state index contributed by atoms with van der Waals surface area (Å²) in [6.45, 7) is 0. The van der Waals surface area contributed by atoms with Gasteiger partial charge in [-0.1, -0.05) is 49.1 Å². The van der Waals surface area contributed by atoms with E-state index in [-0.39, 0.29) is 16.9 Å². The molecule has 1 aliphatic rings. The van der Waals surface area contributed by atoms with Crippen molar-refractivity contribution in [3.8, 4) is 0 Å². The Labute approximate surface area is 160 Å². The van der Waals surface area contributed by atoms with Gasteiger partial charge in [-0.15, -0.1) is 11.3 Å². The van der Waals surface area contributed by atoms with Crippen LogP contribution in [0.4, 0.5) is 0 Å². The van der Waals surface area contributed by atoms with Gasteiger partial charge in [0.05, 0.1) is 5.02 Å². The van der Waals surface area contributed by atoms with Gasteiger partial charge in [0.25, 0.3) is 5.91 Å². The zero-order valence-corrected chi connectivity index (χ0v) is 15.8. The number of hydrogen-bond acceptors (Lipinski definition) is 4. The van der Waals surface area contributed by atoms with E-state index in [1.807, 2.05) is 24.3 Å². The normalized spacial score (nSPS) is 14.9. The summed E-state index contributed by atoms with van der Waals surface area (Å²) < 4.78 is 0.933. The Morgan fingerprint density at radius 1 is 1.12 bits per heavy atom. The predicted molar refractivity (Wildman–Crippen MR) is 105 cm³/mol. The van der Waals surface area contributed by atoms with Crippen LogP contribution in [0.1, 0.15) is 41.8 Å². The van der Waals surface area contributed by atoms with Crippen molar-refractivity contribution in [2.45, 2.75) is 32.1 Å². The van der Waals surface area contributed by atoms with Crippen LogP contribution in [-0.2, 0) is 4.79 Å². The van der Waals surface area contributed by atoms with Crippen LogP contribution in [0.5, 0.6) is 0 Å². The number of nitrogens with one attached hydrogen (secondary N) is 3. The minimum atomic E-state index is -0.393. The maximum absolute atomic E-state index is 12.4. The maximum Gasteiger partial charge on any atom is 0.269 e. The standard InChI is InChI=1S/C17H18ClN3O2S2/c18-13-11-8-4-5-9-12(11)25-14(13)16(23)19-17(24)21-20-15(22)10-6-2-1-3-7-10/h4-5,8-10H,1-3,6-7H2,(H,20,22)(H2,19,21,23,24). The lowest BCUT2D eigenvalue weighted by molar-refractivity contribution is -0.126. The van der Waals surface area contributed by atoms with Crippen LogP contribution in [0.3, 0.4) is 0 Å². The molecule has 25 heavy (non-hydrogen) atoms. The van der Waals surface area contributed by atoms with Gasteiger partial charge in [-0.25, -0.2) is 0 Å². The molecule has 5 nitrogen and oxygen atoms in total. The molecular formula is C17H18ClN3O2S2. The van der Waals surface area contributed by atoms with E-state index in [1.54, 1.807) is 0 Å². The largest absolute Gasteiger partial charge is 0.297 e. The third-order valence-electron chi connectivity index (χ3n) is 4.24. The smallest absolute Gasteiger partial charge is 0.269 e. The Hall–Kier alpha value is -1.70. The molecule has 1 aromatic carbocycles. The van der Waals surface area contributed by atoms with Crippen molar-refractivity contribution in [3.63, 3.8) is 0 Å². The van der Waals surface area contributed by atoms with Gasteiger partial charge in [0, 0.05) is 16.0 Å². The summed E-state index contributed by atoms with van der Waals surface area (Å²) in [4.78, 5) is 24.8. The number of thiophene rings is 1. The fourth-order valence-corrected chi connectivity index (χ4v) is 4.49. The third-order valence-corrected chi connectivity index (χ3v) is 6.12. The van der Waals surface area contributed by atoms with Gasteiger partial charge in [0.2, 0.25) is 5.91 Å². The number of amides is 2. The molecule has 0 spiro atoms. The number of thiocarbonyl (C=S) groups is 1. The first-order valence-electron chi connectivity index (χ1n) is 8.14. The van der Waals surface area contributed by atoms with E-state index < -0.39 is 5.91 Å². The van der Waals surface area contributed by atoms with Crippen LogP contribution >= 0.6 is 35.2 Å². The lowest BCUT2D eigenvalue weighted by Gasteiger charge is -2.21. The maximum atomic E-state index is 12.4. The SMILES string of the molecule is O=C(NC(=S)NNC(=O)C1CCCCC1)c1sc2ccccc2c1Cl. The number of fused-ring (bicyclic) bond motifs is 1. The molecule has 0 bridgehead atoms. The lowest BCUT2D eigenvalue weighted by Crippen LogP contribution is -2.50. The van der Waals surface area contributed by atoms with E-state index in [9.17, 15) is 9.59 Å². The Bertz CT molecular complexity index is 815. The van der Waals surface area contributed by atoms with Crippen molar-refractivity contribution in [3.05, 3.63) is 34.2 Å². The Balaban J connectivity index is 1.55. The van der Waals surface area contributed by atoms with E-state index in [4.69, 9.17) is 23.8 Å². The fraction of sp³-hybridized carbons (Fsp3) is 0.353. The molecule has 132 valence electrons. The first kappa shape index (κ1) is 18.1. The first-order valence-corrected chi connectivity index (χ1v) is 9.74. The number of hydrogen-bond donors (Lipinski definition) is 3. The molecule has 1 aromatic heterocycles. The van der Waals surface area contributed by atoms with Gasteiger partial charge in [-0.05, 0) is 31.1 Å². The molecule has 1 aliphatic carbocycles. The van der Waals surface area contributed by atoms with Crippen molar-refractivity contribution in [1.29, 1.82) is 0 Å². The summed E-state index contributed by atoms with van der Waals surface area (Å²) in [5.41, 5.74) is 5.17. The van der Waals surface area contributed by atoms with Gasteiger partial charge >= 0.3 is 0 Å². The topological polar surface area (TPSA) is 70.2 Å². The summed E-state index contributed by atoms with van der Waals surface area (Å²) in [6, 6.07) is 7.54. The van der Waals surface area contributed by atoms with Crippen molar-refractivity contribution >= 4 is 62.2 Å². The predicted octanol–water partition coefficient (Wildman–Crippen LogP) is 3.77. The first-order chi connectivity index (χ1) is 12.1. The Morgan fingerprint density at radius 3 is 2.56 bits per heavy atom. The number of carbonyl (C=O) groups excluding carboxylic acids is 2. The zero-order chi connectivity index (χ0) is 17.8. The molecule has 0 unspecified atom stereocenters. The highest BCUT2D eigenvalue weighted by atomic mass is 35.5. The summed E-state index contributed by atoms with van der Waals surface area (Å²) >= 11 is 12.7. The number of rotatable bonds is 2. The number of hydrazine groups is 1. The average Bonchev–Trinajstić information content (AvgIpc) is 2.98. The van der Waals surface area contributed by atoms with Gasteiger partial charge in [-0.2, -0.15) is 0 Å². The molecule has 8 heteroatoms. The molecular weight excluding hydrogens is 378 g/mol. The molecule has 1 saturated carbocycles. The highest BCUT2D eigenvalue weighted by Crippen LogP contribution is 2.34. The molecule has 3 rings (SSSR count). The van der Waals surface area contributed by atoms with E-state index in [2.05, 4.69) is 16.2 Å². The van der Waals surface area contributed by atoms with Crippen LogP contribution in [-0.4, -0.2) is 16.9 Å². The summed E-state index contributed by atoms with van der Waals surface area (Å²) in [5.74, 6) is -0.469. The van der Waals surface area contributed by atoms with Crippen molar-refractivity contribution in [2.75, 3.05) is 0 Å². The molecule has 0 saturated heterocycles. The zero-order valence-electron chi connectivity index (χ0n) is 13.4. The van der Waals surface area contributed by atoms with Gasteiger partial charge in [0.1, 0.15) is 4.88 Å². The molecule has 0 aliphatic heterocycles. The average molecular weight is 396 g/mol. The van der Waals surface area contributed by atoms with Crippen molar-refractivity contribution < 1.29 is 9.59 Å². The molecule has 2 amide bonds. The number of benzene rings is 1. The second-order valence-electron chi connectivity index (χ2n) is 5.97.